The smallest absolute Gasteiger partial charge is 0.0850 e. The van der Waals surface area contributed by atoms with Gasteiger partial charge in [-0.15, -0.1) is 0 Å². The number of nitrogens with two attached hydrogens (primary N) is 1. The van der Waals surface area contributed by atoms with Crippen molar-refractivity contribution in [3.05, 3.63) is 222 Å². The molecule has 0 fully saturated rings. The molecule has 0 amide bonds. The van der Waals surface area contributed by atoms with Crippen LogP contribution in [0, 0.1) is 0 Å². The van der Waals surface area contributed by atoms with Gasteiger partial charge in [0.15, 0.2) is 0 Å². The Labute approximate surface area is 289 Å². The van der Waals surface area contributed by atoms with E-state index >= 15 is 0 Å². The van der Waals surface area contributed by atoms with Crippen LogP contribution >= 0.6 is 0 Å². The summed E-state index contributed by atoms with van der Waals surface area (Å²) in [6.07, 6.45) is 5.17. The fourth-order valence-electron chi connectivity index (χ4n) is 6.66. The van der Waals surface area contributed by atoms with Crippen LogP contribution in [-0.4, -0.2) is 0 Å². The second kappa shape index (κ2) is 14.3. The molecule has 0 aliphatic carbocycles. The molecule has 0 saturated heterocycles. The Morgan fingerprint density at radius 3 is 1.73 bits per heavy atom. The van der Waals surface area contributed by atoms with Gasteiger partial charge in [-0.2, -0.15) is 0 Å². The van der Waals surface area contributed by atoms with Gasteiger partial charge in [0.05, 0.1) is 5.54 Å². The van der Waals surface area contributed by atoms with E-state index in [2.05, 4.69) is 176 Å². The lowest BCUT2D eigenvalue weighted by molar-refractivity contribution is 0.660. The standard InChI is InChI=1S/C47H40N2/c1-47(40-20-10-4-11-21-40,49-42-22-12-5-13-23-42)41-31-28-37(29-32-41)44-33-30-36(43-24-14-15-25-45(43)44)26-27-39(35-16-6-2-7-17-35)34-46(48)38-18-8-3-9-19-38/h2-25,27-34,49H,26,48H2,1H3/b39-27+,46-34-. The summed E-state index contributed by atoms with van der Waals surface area (Å²) in [5.41, 5.74) is 17.4. The van der Waals surface area contributed by atoms with Crippen molar-refractivity contribution in [3.8, 4) is 11.1 Å². The van der Waals surface area contributed by atoms with Gasteiger partial charge in [-0.05, 0) is 86.8 Å². The van der Waals surface area contributed by atoms with Gasteiger partial charge in [0.25, 0.3) is 0 Å². The molecule has 0 aliphatic rings. The van der Waals surface area contributed by atoms with Gasteiger partial charge < -0.3 is 11.1 Å². The van der Waals surface area contributed by atoms with E-state index in [0.29, 0.717) is 0 Å². The molecule has 7 rings (SSSR count). The lowest BCUT2D eigenvalue weighted by atomic mass is 9.83. The van der Waals surface area contributed by atoms with E-state index in [1.54, 1.807) is 0 Å². The predicted octanol–water partition coefficient (Wildman–Crippen LogP) is 11.5. The van der Waals surface area contributed by atoms with E-state index in [4.69, 9.17) is 5.73 Å². The van der Waals surface area contributed by atoms with Crippen LogP contribution in [0.3, 0.4) is 0 Å². The predicted molar refractivity (Wildman–Crippen MR) is 209 cm³/mol. The molecule has 2 heteroatoms. The molecule has 0 aliphatic heterocycles. The summed E-state index contributed by atoms with van der Waals surface area (Å²) in [6.45, 7) is 2.26. The Morgan fingerprint density at radius 1 is 0.551 bits per heavy atom. The minimum atomic E-state index is -0.409. The highest BCUT2D eigenvalue weighted by Crippen LogP contribution is 2.37. The van der Waals surface area contributed by atoms with Crippen LogP contribution in [0.1, 0.15) is 34.7 Å². The first-order valence-electron chi connectivity index (χ1n) is 16.9. The third-order valence-electron chi connectivity index (χ3n) is 9.37. The number of hydrogen-bond donors (Lipinski definition) is 2. The summed E-state index contributed by atoms with van der Waals surface area (Å²) in [7, 11) is 0. The highest BCUT2D eigenvalue weighted by Gasteiger charge is 2.28. The second-order valence-corrected chi connectivity index (χ2v) is 12.6. The SMILES string of the molecule is CC(Nc1ccccc1)(c1ccccc1)c1ccc(-c2ccc(C/C=C(\C=C(/N)c3ccccc3)c3ccccc3)c3ccccc23)cc1. The van der Waals surface area contributed by atoms with E-state index < -0.39 is 5.54 Å². The van der Waals surface area contributed by atoms with Gasteiger partial charge in [-0.3, -0.25) is 0 Å². The molecule has 0 bridgehead atoms. The molecule has 7 aromatic rings. The molecule has 0 aromatic heterocycles. The Bertz CT molecular complexity index is 2200. The number of allylic oxidation sites excluding steroid dienone is 3. The molecule has 0 saturated carbocycles. The minimum absolute atomic E-state index is 0.409. The van der Waals surface area contributed by atoms with Gasteiger partial charge in [-0.25, -0.2) is 0 Å². The number of fused-ring (bicyclic) bond motifs is 1. The summed E-state index contributed by atoms with van der Waals surface area (Å²) in [6, 6.07) is 64.1. The van der Waals surface area contributed by atoms with Crippen LogP contribution in [0.2, 0.25) is 0 Å². The topological polar surface area (TPSA) is 38.0 Å². The van der Waals surface area contributed by atoms with Crippen molar-refractivity contribution in [1.29, 1.82) is 0 Å². The van der Waals surface area contributed by atoms with Crippen molar-refractivity contribution in [3.63, 3.8) is 0 Å². The van der Waals surface area contributed by atoms with Gasteiger partial charge in [0, 0.05) is 11.4 Å². The highest BCUT2D eigenvalue weighted by atomic mass is 15.0. The first-order chi connectivity index (χ1) is 24.1. The van der Waals surface area contributed by atoms with Gasteiger partial charge in [0.1, 0.15) is 0 Å². The maximum Gasteiger partial charge on any atom is 0.0850 e. The van der Waals surface area contributed by atoms with Crippen LogP contribution in [0.4, 0.5) is 5.69 Å². The quantitative estimate of drug-likeness (QED) is 0.147. The van der Waals surface area contributed by atoms with E-state index in [0.717, 1.165) is 34.5 Å². The zero-order chi connectivity index (χ0) is 33.5. The molecule has 238 valence electrons. The molecular weight excluding hydrogens is 593 g/mol. The largest absolute Gasteiger partial charge is 0.398 e. The first kappa shape index (κ1) is 31.5. The summed E-state index contributed by atoms with van der Waals surface area (Å²) in [4.78, 5) is 0. The normalized spacial score (nSPS) is 13.2. The fraction of sp³-hybridized carbons (Fsp3) is 0.0638. The molecule has 0 heterocycles. The summed E-state index contributed by atoms with van der Waals surface area (Å²) in [5, 5.41) is 6.33. The number of nitrogens with one attached hydrogen (secondary N) is 1. The summed E-state index contributed by atoms with van der Waals surface area (Å²) < 4.78 is 0. The van der Waals surface area contributed by atoms with Crippen molar-refractivity contribution < 1.29 is 0 Å². The molecule has 49 heavy (non-hydrogen) atoms. The first-order valence-corrected chi connectivity index (χ1v) is 16.9. The Hall–Kier alpha value is -6.12. The molecular formula is C47H40N2. The average Bonchev–Trinajstić information content (AvgIpc) is 3.17. The minimum Gasteiger partial charge on any atom is -0.398 e. The van der Waals surface area contributed by atoms with Crippen LogP contribution in [0.5, 0.6) is 0 Å². The highest BCUT2D eigenvalue weighted by molar-refractivity contribution is 5.99. The zero-order valence-corrected chi connectivity index (χ0v) is 27.8. The van der Waals surface area contributed by atoms with Crippen LogP contribution in [0.15, 0.2) is 194 Å². The van der Waals surface area contributed by atoms with Crippen LogP contribution < -0.4 is 11.1 Å². The lowest BCUT2D eigenvalue weighted by Crippen LogP contribution is -2.33. The summed E-state index contributed by atoms with van der Waals surface area (Å²) >= 11 is 0. The van der Waals surface area contributed by atoms with Crippen LogP contribution in [-0.2, 0) is 12.0 Å². The molecule has 0 spiro atoms. The third kappa shape index (κ3) is 6.95. The number of para-hydroxylation sites is 1. The number of rotatable bonds is 10. The molecule has 2 nitrogen and oxygen atoms in total. The molecule has 3 N–H and O–H groups in total. The maximum absolute atomic E-state index is 6.60. The van der Waals surface area contributed by atoms with Crippen molar-refractivity contribution in [2.45, 2.75) is 18.9 Å². The van der Waals surface area contributed by atoms with Crippen molar-refractivity contribution in [2.75, 3.05) is 5.32 Å². The van der Waals surface area contributed by atoms with E-state index in [9.17, 15) is 0 Å². The van der Waals surface area contributed by atoms with E-state index in [1.807, 2.05) is 30.3 Å². The van der Waals surface area contributed by atoms with Gasteiger partial charge >= 0.3 is 0 Å². The molecule has 1 atom stereocenters. The molecule has 0 radical (unpaired) electrons. The Balaban J connectivity index is 1.23. The number of benzene rings is 7. The van der Waals surface area contributed by atoms with E-state index in [-0.39, 0.29) is 0 Å². The molecule has 7 aromatic carbocycles. The van der Waals surface area contributed by atoms with Crippen LogP contribution in [0.25, 0.3) is 33.2 Å². The maximum atomic E-state index is 6.60. The number of hydrogen-bond acceptors (Lipinski definition) is 2. The van der Waals surface area contributed by atoms with Crippen molar-refractivity contribution in [1.82, 2.24) is 0 Å². The average molecular weight is 633 g/mol. The van der Waals surface area contributed by atoms with Gasteiger partial charge in [0.2, 0.25) is 0 Å². The second-order valence-electron chi connectivity index (χ2n) is 12.6. The van der Waals surface area contributed by atoms with Gasteiger partial charge in [-0.1, -0.05) is 176 Å². The number of anilines is 1. The Kier molecular flexibility index (Phi) is 9.21. The summed E-state index contributed by atoms with van der Waals surface area (Å²) in [5.74, 6) is 0. The molecule has 1 unspecified atom stereocenters. The lowest BCUT2D eigenvalue weighted by Gasteiger charge is -2.33. The van der Waals surface area contributed by atoms with Crippen molar-refractivity contribution >= 4 is 27.7 Å². The monoisotopic (exact) mass is 632 g/mol. The van der Waals surface area contributed by atoms with E-state index in [1.165, 1.54) is 38.6 Å². The fourth-order valence-corrected chi connectivity index (χ4v) is 6.66. The zero-order valence-electron chi connectivity index (χ0n) is 27.8. The Morgan fingerprint density at radius 2 is 1.08 bits per heavy atom. The van der Waals surface area contributed by atoms with Crippen molar-refractivity contribution in [2.24, 2.45) is 5.73 Å². The third-order valence-corrected chi connectivity index (χ3v) is 9.37.